The van der Waals surface area contributed by atoms with Crippen LogP contribution in [0.3, 0.4) is 0 Å². The summed E-state index contributed by atoms with van der Waals surface area (Å²) < 4.78 is 5.57. The Morgan fingerprint density at radius 2 is 2.15 bits per heavy atom. The van der Waals surface area contributed by atoms with Crippen LogP contribution in [0.25, 0.3) is 0 Å². The highest BCUT2D eigenvalue weighted by Crippen LogP contribution is 2.21. The molecule has 3 atom stereocenters. The van der Waals surface area contributed by atoms with Crippen LogP contribution >= 0.6 is 0 Å². The fraction of sp³-hybridized carbons (Fsp3) is 0.857. The number of carbonyl (C=O) groups is 2. The molecule has 3 unspecified atom stereocenters. The maximum absolute atomic E-state index is 12.1. The number of carboxylic acid groups (broad SMARTS) is 1. The number of hydrogen-bond acceptors (Lipinski definition) is 3. The molecular weight excluding hydrogens is 260 g/mol. The van der Waals surface area contributed by atoms with Gasteiger partial charge in [0.2, 0.25) is 0 Å². The highest BCUT2D eigenvalue weighted by atomic mass is 16.5. The van der Waals surface area contributed by atoms with Crippen molar-refractivity contribution in [3.8, 4) is 0 Å². The van der Waals surface area contributed by atoms with E-state index in [4.69, 9.17) is 9.84 Å². The molecule has 2 rings (SSSR count). The lowest BCUT2D eigenvalue weighted by atomic mass is 9.91. The van der Waals surface area contributed by atoms with Gasteiger partial charge in [-0.1, -0.05) is 6.92 Å². The molecule has 0 radical (unpaired) electrons. The number of carbonyl (C=O) groups excluding carboxylic acids is 1. The Kier molecular flexibility index (Phi) is 5.23. The summed E-state index contributed by atoms with van der Waals surface area (Å²) in [6, 6.07) is -0.169. The van der Waals surface area contributed by atoms with Gasteiger partial charge in [0.25, 0.3) is 0 Å². The van der Waals surface area contributed by atoms with Gasteiger partial charge in [0.1, 0.15) is 0 Å². The third-order valence-electron chi connectivity index (χ3n) is 4.05. The van der Waals surface area contributed by atoms with Crippen molar-refractivity contribution in [2.24, 2.45) is 11.8 Å². The number of likely N-dealkylation sites (tertiary alicyclic amines) is 1. The molecule has 2 aliphatic heterocycles. The Bertz CT molecular complexity index is 355. The second kappa shape index (κ2) is 6.92. The maximum atomic E-state index is 12.1. The molecule has 0 spiro atoms. The fourth-order valence-corrected chi connectivity index (χ4v) is 2.98. The van der Waals surface area contributed by atoms with Crippen molar-refractivity contribution in [1.29, 1.82) is 0 Å². The summed E-state index contributed by atoms with van der Waals surface area (Å²) in [5.74, 6) is -1.04. The molecule has 0 aliphatic carbocycles. The predicted molar refractivity (Wildman–Crippen MR) is 73.5 cm³/mol. The lowest BCUT2D eigenvalue weighted by Crippen LogP contribution is -2.50. The van der Waals surface area contributed by atoms with Crippen molar-refractivity contribution in [2.45, 2.75) is 38.7 Å². The number of rotatable bonds is 3. The Hall–Kier alpha value is -1.30. The quantitative estimate of drug-likeness (QED) is 0.819. The summed E-state index contributed by atoms with van der Waals surface area (Å²) in [5.41, 5.74) is 0. The van der Waals surface area contributed by atoms with E-state index in [1.54, 1.807) is 4.90 Å². The summed E-state index contributed by atoms with van der Waals surface area (Å²) in [4.78, 5) is 24.8. The average Bonchev–Trinajstić information content (AvgIpc) is 2.45. The molecule has 2 amide bonds. The molecule has 0 aromatic heterocycles. The Balaban J connectivity index is 1.80. The van der Waals surface area contributed by atoms with E-state index in [2.05, 4.69) is 5.32 Å². The molecule has 2 saturated heterocycles. The van der Waals surface area contributed by atoms with E-state index >= 15 is 0 Å². The highest BCUT2D eigenvalue weighted by molar-refractivity contribution is 5.76. The van der Waals surface area contributed by atoms with Crippen LogP contribution in [0.4, 0.5) is 4.79 Å². The fourth-order valence-electron chi connectivity index (χ4n) is 2.98. The lowest BCUT2D eigenvalue weighted by Gasteiger charge is -2.35. The molecule has 0 aromatic rings. The van der Waals surface area contributed by atoms with Crippen LogP contribution in [0, 0.1) is 11.8 Å². The van der Waals surface area contributed by atoms with Gasteiger partial charge in [0.05, 0.1) is 12.0 Å². The van der Waals surface area contributed by atoms with Gasteiger partial charge < -0.3 is 20.1 Å². The van der Waals surface area contributed by atoms with Gasteiger partial charge in [-0.25, -0.2) is 4.79 Å². The van der Waals surface area contributed by atoms with Gasteiger partial charge in [0.15, 0.2) is 0 Å². The second-order valence-electron chi connectivity index (χ2n) is 5.96. The van der Waals surface area contributed by atoms with Crippen LogP contribution < -0.4 is 5.32 Å². The zero-order valence-electron chi connectivity index (χ0n) is 12.0. The lowest BCUT2D eigenvalue weighted by molar-refractivity contribution is -0.143. The van der Waals surface area contributed by atoms with E-state index in [-0.39, 0.29) is 18.1 Å². The van der Waals surface area contributed by atoms with E-state index in [1.807, 2.05) is 6.92 Å². The average molecular weight is 284 g/mol. The molecule has 0 aromatic carbocycles. The molecule has 114 valence electrons. The van der Waals surface area contributed by atoms with Crippen LogP contribution in [-0.2, 0) is 9.53 Å². The molecule has 2 N–H and O–H groups in total. The van der Waals surface area contributed by atoms with Crippen molar-refractivity contribution >= 4 is 12.0 Å². The molecule has 0 saturated carbocycles. The van der Waals surface area contributed by atoms with E-state index in [9.17, 15) is 9.59 Å². The van der Waals surface area contributed by atoms with Gasteiger partial charge in [0, 0.05) is 26.2 Å². The van der Waals surface area contributed by atoms with Crippen LogP contribution in [0.5, 0.6) is 0 Å². The van der Waals surface area contributed by atoms with Crippen molar-refractivity contribution in [2.75, 3.05) is 26.2 Å². The number of piperidine rings is 1. The van der Waals surface area contributed by atoms with Crippen molar-refractivity contribution in [3.63, 3.8) is 0 Å². The molecular formula is C14H24N2O4. The van der Waals surface area contributed by atoms with E-state index in [1.165, 1.54) is 0 Å². The monoisotopic (exact) mass is 284 g/mol. The summed E-state index contributed by atoms with van der Waals surface area (Å²) in [6.45, 7) is 4.20. The standard InChI is InChI=1S/C14H24N2O4/c1-10-6-11(13(17)18)9-16(8-10)14(19)15-7-12-4-2-3-5-20-12/h10-12H,2-9H2,1H3,(H,15,19)(H,17,18). The summed E-state index contributed by atoms with van der Waals surface area (Å²) in [6.07, 6.45) is 3.96. The third-order valence-corrected chi connectivity index (χ3v) is 4.05. The second-order valence-corrected chi connectivity index (χ2v) is 5.96. The first-order valence-corrected chi connectivity index (χ1v) is 7.43. The smallest absolute Gasteiger partial charge is 0.317 e. The van der Waals surface area contributed by atoms with Crippen molar-refractivity contribution in [3.05, 3.63) is 0 Å². The number of hydrogen-bond donors (Lipinski definition) is 2. The Labute approximate surface area is 119 Å². The number of nitrogens with zero attached hydrogens (tertiary/aromatic N) is 1. The van der Waals surface area contributed by atoms with Crippen LogP contribution in [-0.4, -0.2) is 54.4 Å². The van der Waals surface area contributed by atoms with Gasteiger partial charge in [-0.15, -0.1) is 0 Å². The number of nitrogens with one attached hydrogen (secondary N) is 1. The van der Waals surface area contributed by atoms with E-state index < -0.39 is 11.9 Å². The van der Waals surface area contributed by atoms with E-state index in [0.717, 1.165) is 25.9 Å². The molecule has 6 heteroatoms. The number of carboxylic acids is 1. The summed E-state index contributed by atoms with van der Waals surface area (Å²) >= 11 is 0. The number of aliphatic carboxylic acids is 1. The third kappa shape index (κ3) is 4.10. The van der Waals surface area contributed by atoms with Gasteiger partial charge in [-0.2, -0.15) is 0 Å². The minimum Gasteiger partial charge on any atom is -0.481 e. The van der Waals surface area contributed by atoms with Crippen molar-refractivity contribution < 1.29 is 19.4 Å². The summed E-state index contributed by atoms with van der Waals surface area (Å²) in [7, 11) is 0. The summed E-state index contributed by atoms with van der Waals surface area (Å²) in [5, 5.41) is 12.0. The van der Waals surface area contributed by atoms with E-state index in [0.29, 0.717) is 26.1 Å². The van der Waals surface area contributed by atoms with Crippen molar-refractivity contribution in [1.82, 2.24) is 10.2 Å². The Morgan fingerprint density at radius 3 is 2.80 bits per heavy atom. The predicted octanol–water partition coefficient (Wildman–Crippen LogP) is 1.31. The number of amides is 2. The minimum absolute atomic E-state index is 0.102. The molecule has 20 heavy (non-hydrogen) atoms. The zero-order valence-corrected chi connectivity index (χ0v) is 12.0. The maximum Gasteiger partial charge on any atom is 0.317 e. The van der Waals surface area contributed by atoms with Gasteiger partial charge in [-0.3, -0.25) is 4.79 Å². The van der Waals surface area contributed by atoms with Crippen LogP contribution in [0.15, 0.2) is 0 Å². The van der Waals surface area contributed by atoms with Gasteiger partial charge >= 0.3 is 12.0 Å². The first-order chi connectivity index (χ1) is 9.56. The van der Waals surface area contributed by atoms with Crippen LogP contribution in [0.2, 0.25) is 0 Å². The molecule has 2 fully saturated rings. The minimum atomic E-state index is -0.815. The number of urea groups is 1. The highest BCUT2D eigenvalue weighted by Gasteiger charge is 2.32. The molecule has 2 aliphatic rings. The topological polar surface area (TPSA) is 78.9 Å². The van der Waals surface area contributed by atoms with Crippen LogP contribution in [0.1, 0.15) is 32.6 Å². The molecule has 6 nitrogen and oxygen atoms in total. The first-order valence-electron chi connectivity index (χ1n) is 7.43. The SMILES string of the molecule is CC1CC(C(=O)O)CN(C(=O)NCC2CCCCO2)C1. The normalized spacial score (nSPS) is 30.9. The first kappa shape index (κ1) is 15.1. The zero-order chi connectivity index (χ0) is 14.5. The van der Waals surface area contributed by atoms with Gasteiger partial charge in [-0.05, 0) is 31.6 Å². The molecule has 0 bridgehead atoms. The number of ether oxygens (including phenoxy) is 1. The largest absolute Gasteiger partial charge is 0.481 e. The molecule has 2 heterocycles. The Morgan fingerprint density at radius 1 is 1.35 bits per heavy atom.